The Labute approximate surface area is 76.3 Å². The van der Waals surface area contributed by atoms with Crippen LogP contribution in [0.15, 0.2) is 18.2 Å². The molecule has 5 heteroatoms. The maximum absolute atomic E-state index is 9.36. The quantitative estimate of drug-likeness (QED) is 0.495. The summed E-state index contributed by atoms with van der Waals surface area (Å²) in [5, 5.41) is 12.1. The van der Waals surface area contributed by atoms with Gasteiger partial charge in [0, 0.05) is 11.8 Å². The molecule has 1 aromatic rings. The van der Waals surface area contributed by atoms with Crippen LogP contribution in [0.3, 0.4) is 0 Å². The smallest absolute Gasteiger partial charge is 0.160 e. The molecule has 0 radical (unpaired) electrons. The molecule has 0 aliphatic rings. The molecular weight excluding hydrogens is 170 g/mol. The number of nitrogens with two attached hydrogens (primary N) is 2. The van der Waals surface area contributed by atoms with E-state index in [4.69, 9.17) is 16.2 Å². The van der Waals surface area contributed by atoms with E-state index in [1.54, 1.807) is 12.1 Å². The van der Waals surface area contributed by atoms with Gasteiger partial charge in [-0.05, 0) is 12.1 Å². The molecule has 0 amide bonds. The zero-order valence-electron chi connectivity index (χ0n) is 7.32. The Morgan fingerprint density at radius 3 is 2.62 bits per heavy atom. The lowest BCUT2D eigenvalue weighted by molar-refractivity contribution is 0.373. The van der Waals surface area contributed by atoms with E-state index in [2.05, 4.69) is 5.32 Å². The molecule has 0 spiro atoms. The fourth-order valence-corrected chi connectivity index (χ4v) is 0.972. The molecule has 0 unspecified atom stereocenters. The predicted octanol–water partition coefficient (Wildman–Crippen LogP) is 0.0137. The maximum atomic E-state index is 9.36. The average molecular weight is 183 g/mol. The van der Waals surface area contributed by atoms with Crippen LogP contribution in [0.25, 0.3) is 0 Å². The summed E-state index contributed by atoms with van der Waals surface area (Å²) in [6, 6.07) is 4.83. The Balaban J connectivity index is 2.83. The van der Waals surface area contributed by atoms with Crippen LogP contribution in [0.2, 0.25) is 0 Å². The summed E-state index contributed by atoms with van der Waals surface area (Å²) in [7, 11) is 1.48. The number of rotatable bonds is 3. The summed E-state index contributed by atoms with van der Waals surface area (Å²) in [4.78, 5) is 0. The van der Waals surface area contributed by atoms with Gasteiger partial charge in [-0.15, -0.1) is 0 Å². The highest BCUT2D eigenvalue weighted by atomic mass is 16.5. The molecule has 0 atom stereocenters. The number of hydrogen-bond acceptors (Lipinski definition) is 5. The van der Waals surface area contributed by atoms with Crippen molar-refractivity contribution < 1.29 is 9.84 Å². The van der Waals surface area contributed by atoms with Gasteiger partial charge in [0.25, 0.3) is 0 Å². The van der Waals surface area contributed by atoms with E-state index in [-0.39, 0.29) is 5.75 Å². The van der Waals surface area contributed by atoms with Gasteiger partial charge in [-0.2, -0.15) is 0 Å². The fraction of sp³-hybridized carbons (Fsp3) is 0.250. The third-order valence-electron chi connectivity index (χ3n) is 1.51. The molecule has 0 saturated heterocycles. The third-order valence-corrected chi connectivity index (χ3v) is 1.51. The number of methoxy groups -OCH3 is 1. The van der Waals surface area contributed by atoms with Crippen molar-refractivity contribution >= 4 is 5.69 Å². The Bertz CT molecular complexity index is 289. The maximum Gasteiger partial charge on any atom is 0.160 e. The molecule has 1 rings (SSSR count). The van der Waals surface area contributed by atoms with Crippen LogP contribution in [0, 0.1) is 0 Å². The second kappa shape index (κ2) is 3.97. The average Bonchev–Trinajstić information content (AvgIpc) is 2.03. The van der Waals surface area contributed by atoms with Crippen molar-refractivity contribution in [1.29, 1.82) is 0 Å². The Kier molecular flexibility index (Phi) is 2.94. The molecule has 0 aliphatic heterocycles. The number of phenols is 1. The predicted molar refractivity (Wildman–Crippen MR) is 50.4 cm³/mol. The molecule has 0 fully saturated rings. The van der Waals surface area contributed by atoms with Crippen molar-refractivity contribution in [2.75, 3.05) is 12.4 Å². The summed E-state index contributed by atoms with van der Waals surface area (Å²) in [5.41, 5.74) is 11.2. The molecule has 13 heavy (non-hydrogen) atoms. The molecule has 5 nitrogen and oxygen atoms in total. The molecule has 1 aromatic carbocycles. The highest BCUT2D eigenvalue weighted by Gasteiger charge is 2.02. The van der Waals surface area contributed by atoms with Crippen LogP contribution in [-0.4, -0.2) is 18.5 Å². The first-order valence-electron chi connectivity index (χ1n) is 3.78. The van der Waals surface area contributed by atoms with Gasteiger partial charge >= 0.3 is 0 Å². The zero-order chi connectivity index (χ0) is 9.84. The van der Waals surface area contributed by atoms with Crippen LogP contribution in [0.4, 0.5) is 5.69 Å². The van der Waals surface area contributed by atoms with Gasteiger partial charge in [-0.3, -0.25) is 11.5 Å². The molecule has 0 heterocycles. The summed E-state index contributed by atoms with van der Waals surface area (Å²) in [5.74, 6) is 0.462. The largest absolute Gasteiger partial charge is 0.504 e. The Hall–Kier alpha value is -1.46. The molecule has 72 valence electrons. The molecule has 0 bridgehead atoms. The molecule has 0 saturated carbocycles. The van der Waals surface area contributed by atoms with Crippen molar-refractivity contribution in [3.63, 3.8) is 0 Å². The number of anilines is 1. The zero-order valence-corrected chi connectivity index (χ0v) is 7.32. The Morgan fingerprint density at radius 1 is 1.46 bits per heavy atom. The van der Waals surface area contributed by atoms with Gasteiger partial charge in [-0.25, -0.2) is 0 Å². The summed E-state index contributed by atoms with van der Waals surface area (Å²) in [6.45, 7) is 0. The summed E-state index contributed by atoms with van der Waals surface area (Å²) in [6.07, 6.45) is -0.646. The Morgan fingerprint density at radius 2 is 2.15 bits per heavy atom. The van der Waals surface area contributed by atoms with E-state index in [0.29, 0.717) is 11.4 Å². The minimum Gasteiger partial charge on any atom is -0.504 e. The van der Waals surface area contributed by atoms with Crippen LogP contribution < -0.4 is 21.5 Å². The summed E-state index contributed by atoms with van der Waals surface area (Å²) >= 11 is 0. The van der Waals surface area contributed by atoms with Crippen LogP contribution in [-0.2, 0) is 0 Å². The van der Waals surface area contributed by atoms with Gasteiger partial charge in [0.2, 0.25) is 0 Å². The standard InChI is InChI=1S/C8H13N3O2/c1-13-7-3-2-5(4-6(7)12)11-8(9)10/h2-4,8,11-12H,9-10H2,1H3. The fourth-order valence-electron chi connectivity index (χ4n) is 0.972. The van der Waals surface area contributed by atoms with Crippen molar-refractivity contribution in [2.45, 2.75) is 6.29 Å². The van der Waals surface area contributed by atoms with Crippen molar-refractivity contribution in [3.8, 4) is 11.5 Å². The normalized spacial score (nSPS) is 10.2. The minimum absolute atomic E-state index is 0.0492. The van der Waals surface area contributed by atoms with Gasteiger partial charge in [-0.1, -0.05) is 0 Å². The van der Waals surface area contributed by atoms with E-state index in [9.17, 15) is 5.11 Å². The molecular formula is C8H13N3O2. The number of benzene rings is 1. The highest BCUT2D eigenvalue weighted by molar-refractivity contribution is 5.54. The first-order valence-corrected chi connectivity index (χ1v) is 3.78. The van der Waals surface area contributed by atoms with E-state index < -0.39 is 6.29 Å². The lowest BCUT2D eigenvalue weighted by Gasteiger charge is -2.11. The first-order chi connectivity index (χ1) is 6.13. The first kappa shape index (κ1) is 9.63. The van der Waals surface area contributed by atoms with Crippen molar-refractivity contribution in [1.82, 2.24) is 0 Å². The van der Waals surface area contributed by atoms with E-state index in [1.165, 1.54) is 13.2 Å². The van der Waals surface area contributed by atoms with Crippen LogP contribution in [0.1, 0.15) is 0 Å². The van der Waals surface area contributed by atoms with Crippen molar-refractivity contribution in [2.24, 2.45) is 11.5 Å². The lowest BCUT2D eigenvalue weighted by atomic mass is 10.3. The highest BCUT2D eigenvalue weighted by Crippen LogP contribution is 2.28. The number of nitrogens with one attached hydrogen (secondary N) is 1. The topological polar surface area (TPSA) is 93.5 Å². The number of phenolic OH excluding ortho intramolecular Hbond substituents is 1. The van der Waals surface area contributed by atoms with Gasteiger partial charge in [0.1, 0.15) is 6.29 Å². The minimum atomic E-state index is -0.646. The SMILES string of the molecule is COc1ccc(NC(N)N)cc1O. The van der Waals surface area contributed by atoms with Gasteiger partial charge < -0.3 is 15.2 Å². The second-order valence-corrected chi connectivity index (χ2v) is 2.56. The summed E-state index contributed by atoms with van der Waals surface area (Å²) < 4.78 is 4.86. The molecule has 0 aromatic heterocycles. The monoisotopic (exact) mass is 183 g/mol. The van der Waals surface area contributed by atoms with Crippen molar-refractivity contribution in [3.05, 3.63) is 18.2 Å². The molecule has 0 aliphatic carbocycles. The number of ether oxygens (including phenoxy) is 1. The lowest BCUT2D eigenvalue weighted by Crippen LogP contribution is -2.38. The van der Waals surface area contributed by atoms with Gasteiger partial charge in [0.15, 0.2) is 11.5 Å². The van der Waals surface area contributed by atoms with E-state index in [0.717, 1.165) is 0 Å². The molecule has 6 N–H and O–H groups in total. The van der Waals surface area contributed by atoms with Crippen LogP contribution >= 0.6 is 0 Å². The van der Waals surface area contributed by atoms with Crippen LogP contribution in [0.5, 0.6) is 11.5 Å². The number of aromatic hydroxyl groups is 1. The second-order valence-electron chi connectivity index (χ2n) is 2.56. The van der Waals surface area contributed by atoms with E-state index in [1.807, 2.05) is 0 Å². The number of hydrogen-bond donors (Lipinski definition) is 4. The van der Waals surface area contributed by atoms with E-state index >= 15 is 0 Å². The third kappa shape index (κ3) is 2.50. The van der Waals surface area contributed by atoms with Gasteiger partial charge in [0.05, 0.1) is 7.11 Å².